The largest absolute Gasteiger partial charge is 0.268 e. The summed E-state index contributed by atoms with van der Waals surface area (Å²) in [4.78, 5) is 0.843. The summed E-state index contributed by atoms with van der Waals surface area (Å²) in [6, 6.07) is 16.0. The van der Waals surface area contributed by atoms with E-state index in [1.165, 1.54) is 15.3 Å². The number of hydrogen-bond acceptors (Lipinski definition) is 3. The molecule has 0 fully saturated rings. The van der Waals surface area contributed by atoms with E-state index in [0.29, 0.717) is 10.3 Å². The first-order chi connectivity index (χ1) is 10.6. The van der Waals surface area contributed by atoms with E-state index >= 15 is 0 Å². The molecule has 2 aromatic carbocycles. The Hall–Kier alpha value is -2.05. The zero-order chi connectivity index (χ0) is 15.3. The summed E-state index contributed by atoms with van der Waals surface area (Å²) >= 11 is 1.41. The van der Waals surface area contributed by atoms with Crippen LogP contribution in [-0.4, -0.2) is 20.2 Å². The molecular weight excluding hydrogens is 313 g/mol. The monoisotopic (exact) mass is 323 g/mol. The number of hydrogen-bond donors (Lipinski definition) is 0. The van der Waals surface area contributed by atoms with Crippen molar-refractivity contribution in [3.63, 3.8) is 0 Å². The van der Waals surface area contributed by atoms with E-state index < -0.39 is 10.0 Å². The van der Waals surface area contributed by atoms with Gasteiger partial charge in [0.15, 0.2) is 0 Å². The minimum atomic E-state index is -3.75. The van der Waals surface area contributed by atoms with Crippen molar-refractivity contribution < 1.29 is 8.42 Å². The number of aromatic nitrogens is 1. The fourth-order valence-electron chi connectivity index (χ4n) is 2.70. The predicted octanol–water partition coefficient (Wildman–Crippen LogP) is 2.89. The summed E-state index contributed by atoms with van der Waals surface area (Å²) in [5, 5.41) is 3.77. The van der Waals surface area contributed by atoms with Crippen LogP contribution in [0.15, 0.2) is 64.9 Å². The molecule has 6 heteroatoms. The average molecular weight is 323 g/mol. The van der Waals surface area contributed by atoms with E-state index in [1.54, 1.807) is 24.3 Å². The Bertz CT molecular complexity index is 1110. The Morgan fingerprint density at radius 1 is 0.909 bits per heavy atom. The van der Waals surface area contributed by atoms with E-state index in [-0.39, 0.29) is 10.4 Å². The molecule has 2 radical (unpaired) electrons. The molecule has 0 bridgehead atoms. The zero-order valence-electron chi connectivity index (χ0n) is 11.4. The van der Waals surface area contributed by atoms with Gasteiger partial charge in [0, 0.05) is 10.8 Å². The van der Waals surface area contributed by atoms with Gasteiger partial charge in [-0.05, 0) is 23.6 Å². The minimum absolute atomic E-state index is 0.131. The fourth-order valence-corrected chi connectivity index (χ4v) is 5.51. The Labute approximate surface area is 133 Å². The van der Waals surface area contributed by atoms with Crippen molar-refractivity contribution in [2.45, 2.75) is 4.90 Å². The molecule has 0 N–H and O–H groups in total. The highest BCUT2D eigenvalue weighted by Gasteiger charge is 2.24. The topological polar surface area (TPSA) is 39.1 Å². The average Bonchev–Trinajstić information content (AvgIpc) is 3.07. The van der Waals surface area contributed by atoms with Crippen LogP contribution in [0.3, 0.4) is 0 Å². The second kappa shape index (κ2) is 4.73. The highest BCUT2D eigenvalue weighted by molar-refractivity contribution is 7.90. The Morgan fingerprint density at radius 2 is 1.64 bits per heavy atom. The lowest BCUT2D eigenvalue weighted by Crippen LogP contribution is -2.20. The van der Waals surface area contributed by atoms with Crippen molar-refractivity contribution in [2.24, 2.45) is 0 Å². The number of fused-ring (bicyclic) bond motifs is 3. The molecule has 4 rings (SSSR count). The lowest BCUT2D eigenvalue weighted by atomic mass is 9.97. The molecule has 0 aliphatic carbocycles. The first kappa shape index (κ1) is 13.6. The van der Waals surface area contributed by atoms with Crippen molar-refractivity contribution >= 4 is 55.8 Å². The number of nitrogens with zero attached hydrogens (tertiary/aromatic N) is 1. The molecule has 0 atom stereocenters. The molecule has 0 aliphatic rings. The van der Waals surface area contributed by atoms with Crippen LogP contribution in [0.1, 0.15) is 0 Å². The van der Waals surface area contributed by atoms with E-state index in [1.807, 2.05) is 35.7 Å². The molecule has 0 aliphatic heterocycles. The van der Waals surface area contributed by atoms with Crippen LogP contribution in [0, 0.1) is 0 Å². The van der Waals surface area contributed by atoms with Gasteiger partial charge in [0.1, 0.15) is 12.7 Å². The summed E-state index contributed by atoms with van der Waals surface area (Å²) in [6.45, 7) is 0. The molecular formula is C16H10BNO2S2. The van der Waals surface area contributed by atoms with E-state index in [0.717, 1.165) is 10.8 Å². The maximum atomic E-state index is 13.1. The van der Waals surface area contributed by atoms with Crippen LogP contribution in [0.4, 0.5) is 0 Å². The van der Waals surface area contributed by atoms with E-state index in [2.05, 4.69) is 0 Å². The third-order valence-corrected chi connectivity index (χ3v) is 6.48. The SMILES string of the molecule is [B]c1ccccc1S(=O)(=O)n1c2ccccc2c2ccsc21. The van der Waals surface area contributed by atoms with Gasteiger partial charge >= 0.3 is 0 Å². The van der Waals surface area contributed by atoms with Crippen molar-refractivity contribution in [2.75, 3.05) is 0 Å². The molecule has 0 saturated carbocycles. The fraction of sp³-hybridized carbons (Fsp3) is 0. The molecule has 106 valence electrons. The molecule has 0 amide bonds. The van der Waals surface area contributed by atoms with Gasteiger partial charge in [0.2, 0.25) is 0 Å². The number of thiophene rings is 1. The van der Waals surface area contributed by atoms with Crippen molar-refractivity contribution in [1.82, 2.24) is 3.97 Å². The second-order valence-corrected chi connectivity index (χ2v) is 7.61. The minimum Gasteiger partial charge on any atom is -0.224 e. The normalized spacial score (nSPS) is 12.2. The number of para-hydroxylation sites is 1. The predicted molar refractivity (Wildman–Crippen MR) is 91.7 cm³/mol. The van der Waals surface area contributed by atoms with E-state index in [9.17, 15) is 8.42 Å². The third kappa shape index (κ3) is 1.77. The molecule has 3 nitrogen and oxygen atoms in total. The van der Waals surface area contributed by atoms with Crippen LogP contribution in [0.25, 0.3) is 21.1 Å². The number of benzene rings is 2. The van der Waals surface area contributed by atoms with Gasteiger partial charge in [-0.1, -0.05) is 41.9 Å². The molecule has 2 aromatic heterocycles. The molecule has 0 saturated heterocycles. The second-order valence-electron chi connectivity index (χ2n) is 4.96. The van der Waals surface area contributed by atoms with Gasteiger partial charge in [-0.3, -0.25) is 0 Å². The van der Waals surface area contributed by atoms with E-state index in [4.69, 9.17) is 7.85 Å². The van der Waals surface area contributed by atoms with Crippen molar-refractivity contribution in [1.29, 1.82) is 0 Å². The molecule has 22 heavy (non-hydrogen) atoms. The van der Waals surface area contributed by atoms with Gasteiger partial charge in [0.25, 0.3) is 10.0 Å². The first-order valence-electron chi connectivity index (χ1n) is 6.67. The maximum absolute atomic E-state index is 13.1. The summed E-state index contributed by atoms with van der Waals surface area (Å²) in [5.41, 5.74) is 0.928. The molecule has 2 heterocycles. The van der Waals surface area contributed by atoms with Crippen LogP contribution < -0.4 is 5.46 Å². The van der Waals surface area contributed by atoms with Crippen molar-refractivity contribution in [3.8, 4) is 0 Å². The molecule has 0 spiro atoms. The van der Waals surface area contributed by atoms with Gasteiger partial charge in [-0.2, -0.15) is 0 Å². The summed E-state index contributed by atoms with van der Waals surface area (Å²) in [7, 11) is 2.14. The molecule has 0 unspecified atom stereocenters. The van der Waals surface area contributed by atoms with Gasteiger partial charge in [-0.25, -0.2) is 12.4 Å². The highest BCUT2D eigenvalue weighted by Crippen LogP contribution is 2.35. The first-order valence-corrected chi connectivity index (χ1v) is 8.99. The van der Waals surface area contributed by atoms with Crippen LogP contribution >= 0.6 is 11.3 Å². The standard InChI is InChI=1S/C16H10BNO2S2/c17-13-6-2-4-8-15(13)22(19,20)18-14-7-3-1-5-11(14)12-9-10-21-16(12)18/h1-10H. The lowest BCUT2D eigenvalue weighted by Gasteiger charge is -2.10. The maximum Gasteiger partial charge on any atom is 0.268 e. The Kier molecular flexibility index (Phi) is 2.92. The number of rotatable bonds is 2. The summed E-state index contributed by atoms with van der Waals surface area (Å²) in [5.74, 6) is 0. The van der Waals surface area contributed by atoms with Gasteiger partial charge in [-0.15, -0.1) is 11.3 Å². The Balaban J connectivity index is 2.16. The van der Waals surface area contributed by atoms with Crippen LogP contribution in [-0.2, 0) is 10.0 Å². The van der Waals surface area contributed by atoms with Crippen LogP contribution in [0.2, 0.25) is 0 Å². The highest BCUT2D eigenvalue weighted by atomic mass is 32.2. The summed E-state index contributed by atoms with van der Waals surface area (Å²) in [6.07, 6.45) is 0. The quantitative estimate of drug-likeness (QED) is 0.532. The van der Waals surface area contributed by atoms with Gasteiger partial charge < -0.3 is 0 Å². The summed E-state index contributed by atoms with van der Waals surface area (Å²) < 4.78 is 27.7. The third-order valence-electron chi connectivity index (χ3n) is 3.68. The van der Waals surface area contributed by atoms with Crippen molar-refractivity contribution in [3.05, 3.63) is 60.0 Å². The molecule has 4 aromatic rings. The smallest absolute Gasteiger partial charge is 0.224 e. The zero-order valence-corrected chi connectivity index (χ0v) is 13.1. The van der Waals surface area contributed by atoms with Gasteiger partial charge in [0.05, 0.1) is 10.4 Å². The Morgan fingerprint density at radius 3 is 2.45 bits per heavy atom. The lowest BCUT2D eigenvalue weighted by molar-refractivity contribution is 0.591. The van der Waals surface area contributed by atoms with Crippen LogP contribution in [0.5, 0.6) is 0 Å².